The van der Waals surface area contributed by atoms with Gasteiger partial charge in [-0.3, -0.25) is 14.7 Å². The minimum atomic E-state index is -0.361. The summed E-state index contributed by atoms with van der Waals surface area (Å²) in [4.78, 5) is 20.7. The van der Waals surface area contributed by atoms with Gasteiger partial charge in [0.25, 0.3) is 0 Å². The number of carbonyl (C=O) groups is 1. The topological polar surface area (TPSA) is 62.5 Å². The molecule has 0 aliphatic carbocycles. The predicted octanol–water partition coefficient (Wildman–Crippen LogP) is 1.10. The van der Waals surface area contributed by atoms with Crippen LogP contribution in [-0.2, 0) is 11.3 Å². The minimum Gasteiger partial charge on any atom is -0.339 e. The van der Waals surface area contributed by atoms with Crippen molar-refractivity contribution in [2.45, 2.75) is 32.9 Å². The van der Waals surface area contributed by atoms with Crippen LogP contribution in [0.4, 0.5) is 0 Å². The van der Waals surface area contributed by atoms with Crippen LogP contribution < -0.4 is 5.73 Å². The van der Waals surface area contributed by atoms with Crippen LogP contribution in [0.5, 0.6) is 0 Å². The van der Waals surface area contributed by atoms with Gasteiger partial charge in [-0.05, 0) is 17.5 Å². The number of hydrogen-bond acceptors (Lipinski definition) is 4. The molecule has 1 amide bonds. The maximum absolute atomic E-state index is 12.3. The average molecular weight is 290 g/mol. The molecule has 21 heavy (non-hydrogen) atoms. The zero-order chi connectivity index (χ0) is 15.2. The first-order valence-corrected chi connectivity index (χ1v) is 7.77. The summed E-state index contributed by atoms with van der Waals surface area (Å²) in [5.74, 6) is 0.344. The first kappa shape index (κ1) is 15.9. The van der Waals surface area contributed by atoms with E-state index in [1.54, 1.807) is 6.20 Å². The van der Waals surface area contributed by atoms with Gasteiger partial charge in [-0.1, -0.05) is 26.3 Å². The molecule has 1 fully saturated rings. The molecule has 2 rings (SSSR count). The van der Waals surface area contributed by atoms with E-state index in [1.807, 2.05) is 24.1 Å². The molecule has 0 spiro atoms. The molecule has 0 bridgehead atoms. The van der Waals surface area contributed by atoms with Crippen LogP contribution in [0.15, 0.2) is 24.5 Å². The van der Waals surface area contributed by atoms with Crippen LogP contribution in [0.3, 0.4) is 0 Å². The Balaban J connectivity index is 1.81. The smallest absolute Gasteiger partial charge is 0.239 e. The van der Waals surface area contributed by atoms with Gasteiger partial charge in [0.2, 0.25) is 5.91 Å². The van der Waals surface area contributed by atoms with E-state index in [1.165, 1.54) is 5.56 Å². The molecule has 0 radical (unpaired) electrons. The Labute approximate surface area is 127 Å². The highest BCUT2D eigenvalue weighted by Crippen LogP contribution is 2.12. The second-order valence-corrected chi connectivity index (χ2v) is 5.87. The fraction of sp³-hybridized carbons (Fsp3) is 0.625. The lowest BCUT2D eigenvalue weighted by atomic mass is 9.98. The monoisotopic (exact) mass is 290 g/mol. The van der Waals surface area contributed by atoms with Gasteiger partial charge in [0.15, 0.2) is 0 Å². The summed E-state index contributed by atoms with van der Waals surface area (Å²) < 4.78 is 0. The SMILES string of the molecule is CCC(C)C(N)C(=O)N1CCN(Cc2cccnc2)CC1. The van der Waals surface area contributed by atoms with Gasteiger partial charge in [0.05, 0.1) is 6.04 Å². The van der Waals surface area contributed by atoms with Crippen LogP contribution >= 0.6 is 0 Å². The summed E-state index contributed by atoms with van der Waals surface area (Å²) in [5.41, 5.74) is 7.26. The molecular weight excluding hydrogens is 264 g/mol. The normalized spacial score (nSPS) is 19.3. The lowest BCUT2D eigenvalue weighted by molar-refractivity contribution is -0.135. The van der Waals surface area contributed by atoms with Crippen molar-refractivity contribution in [3.8, 4) is 0 Å². The number of carbonyl (C=O) groups excluding carboxylic acids is 1. The second kappa shape index (κ2) is 7.52. The van der Waals surface area contributed by atoms with Gasteiger partial charge in [-0.2, -0.15) is 0 Å². The summed E-state index contributed by atoms with van der Waals surface area (Å²) >= 11 is 0. The van der Waals surface area contributed by atoms with Crippen LogP contribution in [0, 0.1) is 5.92 Å². The van der Waals surface area contributed by atoms with Crippen molar-refractivity contribution < 1.29 is 4.79 Å². The quantitative estimate of drug-likeness (QED) is 0.882. The fourth-order valence-electron chi connectivity index (χ4n) is 2.58. The van der Waals surface area contributed by atoms with E-state index >= 15 is 0 Å². The molecule has 2 heterocycles. The van der Waals surface area contributed by atoms with Crippen LogP contribution in [0.1, 0.15) is 25.8 Å². The third-order valence-corrected chi connectivity index (χ3v) is 4.36. The Morgan fingerprint density at radius 2 is 2.10 bits per heavy atom. The molecule has 0 saturated carbocycles. The van der Waals surface area contributed by atoms with Crippen molar-refractivity contribution in [2.24, 2.45) is 11.7 Å². The van der Waals surface area contributed by atoms with Gasteiger partial charge in [0, 0.05) is 45.1 Å². The Morgan fingerprint density at radius 3 is 2.67 bits per heavy atom. The van der Waals surface area contributed by atoms with E-state index in [9.17, 15) is 4.79 Å². The molecule has 1 aromatic heterocycles. The molecule has 2 atom stereocenters. The molecule has 1 aliphatic heterocycles. The molecule has 5 heteroatoms. The Kier molecular flexibility index (Phi) is 5.70. The van der Waals surface area contributed by atoms with E-state index in [2.05, 4.69) is 22.9 Å². The second-order valence-electron chi connectivity index (χ2n) is 5.87. The highest BCUT2D eigenvalue weighted by Gasteiger charge is 2.27. The van der Waals surface area contributed by atoms with Gasteiger partial charge >= 0.3 is 0 Å². The largest absolute Gasteiger partial charge is 0.339 e. The van der Waals surface area contributed by atoms with E-state index in [0.29, 0.717) is 0 Å². The maximum Gasteiger partial charge on any atom is 0.239 e. The Morgan fingerprint density at radius 1 is 1.38 bits per heavy atom. The zero-order valence-corrected chi connectivity index (χ0v) is 13.0. The van der Waals surface area contributed by atoms with Gasteiger partial charge in [0.1, 0.15) is 0 Å². The maximum atomic E-state index is 12.3. The standard InChI is InChI=1S/C16H26N4O/c1-3-13(2)15(17)16(21)20-9-7-19(8-10-20)12-14-5-4-6-18-11-14/h4-6,11,13,15H,3,7-10,12,17H2,1-2H3. The van der Waals surface area contributed by atoms with Crippen molar-refractivity contribution in [2.75, 3.05) is 26.2 Å². The Bertz CT molecular complexity index is 443. The van der Waals surface area contributed by atoms with E-state index < -0.39 is 0 Å². The predicted molar refractivity (Wildman–Crippen MR) is 83.5 cm³/mol. The average Bonchev–Trinajstić information content (AvgIpc) is 2.54. The summed E-state index contributed by atoms with van der Waals surface area (Å²) in [6.07, 6.45) is 4.63. The Hall–Kier alpha value is -1.46. The molecule has 1 aromatic rings. The number of aromatic nitrogens is 1. The number of piperazine rings is 1. The van der Waals surface area contributed by atoms with Gasteiger partial charge in [-0.25, -0.2) is 0 Å². The van der Waals surface area contributed by atoms with Gasteiger partial charge in [-0.15, -0.1) is 0 Å². The first-order chi connectivity index (χ1) is 10.1. The summed E-state index contributed by atoms with van der Waals surface area (Å²) in [5, 5.41) is 0. The van der Waals surface area contributed by atoms with E-state index in [4.69, 9.17) is 5.73 Å². The van der Waals surface area contributed by atoms with Crippen molar-refractivity contribution in [1.82, 2.24) is 14.8 Å². The van der Waals surface area contributed by atoms with Crippen molar-refractivity contribution in [3.05, 3.63) is 30.1 Å². The number of hydrogen-bond donors (Lipinski definition) is 1. The molecule has 2 N–H and O–H groups in total. The highest BCUT2D eigenvalue weighted by atomic mass is 16.2. The fourth-order valence-corrected chi connectivity index (χ4v) is 2.58. The summed E-state index contributed by atoms with van der Waals surface area (Å²) in [7, 11) is 0. The lowest BCUT2D eigenvalue weighted by Gasteiger charge is -2.36. The molecular formula is C16H26N4O. The molecule has 1 saturated heterocycles. The van der Waals surface area contributed by atoms with Crippen molar-refractivity contribution in [1.29, 1.82) is 0 Å². The number of rotatable bonds is 5. The molecule has 1 aliphatic rings. The number of pyridine rings is 1. The first-order valence-electron chi connectivity index (χ1n) is 7.77. The van der Waals surface area contributed by atoms with Gasteiger partial charge < -0.3 is 10.6 Å². The summed E-state index contributed by atoms with van der Waals surface area (Å²) in [6, 6.07) is 3.68. The third kappa shape index (κ3) is 4.25. The van der Waals surface area contributed by atoms with Crippen LogP contribution in [0.2, 0.25) is 0 Å². The van der Waals surface area contributed by atoms with Crippen molar-refractivity contribution in [3.63, 3.8) is 0 Å². The number of nitrogens with zero attached hydrogens (tertiary/aromatic N) is 3. The molecule has 116 valence electrons. The summed E-state index contributed by atoms with van der Waals surface area (Å²) in [6.45, 7) is 8.34. The highest BCUT2D eigenvalue weighted by molar-refractivity contribution is 5.82. The van der Waals surface area contributed by atoms with Crippen molar-refractivity contribution >= 4 is 5.91 Å². The molecule has 2 unspecified atom stereocenters. The van der Waals surface area contributed by atoms with E-state index in [-0.39, 0.29) is 17.9 Å². The van der Waals surface area contributed by atoms with Crippen LogP contribution in [0.25, 0.3) is 0 Å². The number of nitrogens with two attached hydrogens (primary N) is 1. The molecule has 0 aromatic carbocycles. The minimum absolute atomic E-state index is 0.102. The third-order valence-electron chi connectivity index (χ3n) is 4.36. The lowest BCUT2D eigenvalue weighted by Crippen LogP contribution is -2.54. The zero-order valence-electron chi connectivity index (χ0n) is 13.0. The number of amides is 1. The molecule has 5 nitrogen and oxygen atoms in total. The van der Waals surface area contributed by atoms with E-state index in [0.717, 1.165) is 39.1 Å². The van der Waals surface area contributed by atoms with Crippen LogP contribution in [-0.4, -0.2) is 52.9 Å².